The SMILES string of the molecule is O=S(=O)(Oc1cc2c(Br)ccc(F)c2cn1)C(F)(F)F. The maximum atomic E-state index is 13.4. The van der Waals surface area contributed by atoms with Crippen LogP contribution in [0.25, 0.3) is 10.8 Å². The first kappa shape index (κ1) is 15.0. The van der Waals surface area contributed by atoms with Gasteiger partial charge in [0.05, 0.1) is 0 Å². The van der Waals surface area contributed by atoms with Crippen molar-refractivity contribution in [2.45, 2.75) is 5.51 Å². The van der Waals surface area contributed by atoms with E-state index in [1.807, 2.05) is 0 Å². The maximum absolute atomic E-state index is 13.4. The third-order valence-electron chi connectivity index (χ3n) is 2.25. The molecule has 1 heterocycles. The van der Waals surface area contributed by atoms with E-state index in [2.05, 4.69) is 25.1 Å². The Morgan fingerprint density at radius 1 is 1.20 bits per heavy atom. The number of halogens is 5. The normalized spacial score (nSPS) is 12.7. The minimum Gasteiger partial charge on any atom is -0.355 e. The van der Waals surface area contributed by atoms with Crippen molar-refractivity contribution < 1.29 is 30.2 Å². The molecular formula is C10H4BrF4NO3S. The average molecular weight is 374 g/mol. The third kappa shape index (κ3) is 2.70. The van der Waals surface area contributed by atoms with Gasteiger partial charge in [-0.15, -0.1) is 0 Å². The summed E-state index contributed by atoms with van der Waals surface area (Å²) in [6.45, 7) is 0. The molecule has 0 amide bonds. The number of fused-ring (bicyclic) bond motifs is 1. The van der Waals surface area contributed by atoms with Crippen LogP contribution in [0, 0.1) is 5.82 Å². The van der Waals surface area contributed by atoms with Crippen molar-refractivity contribution in [2.24, 2.45) is 0 Å². The minimum atomic E-state index is -5.81. The van der Waals surface area contributed by atoms with Gasteiger partial charge in [0.1, 0.15) is 5.82 Å². The minimum absolute atomic E-state index is 0.0103. The summed E-state index contributed by atoms with van der Waals surface area (Å²) in [5.41, 5.74) is -5.57. The van der Waals surface area contributed by atoms with Gasteiger partial charge in [0.2, 0.25) is 5.88 Å². The van der Waals surface area contributed by atoms with Gasteiger partial charge >= 0.3 is 15.6 Å². The van der Waals surface area contributed by atoms with E-state index < -0.39 is 27.3 Å². The monoisotopic (exact) mass is 373 g/mol. The van der Waals surface area contributed by atoms with Crippen molar-refractivity contribution in [3.63, 3.8) is 0 Å². The molecule has 0 aliphatic rings. The Hall–Kier alpha value is -1.42. The lowest BCUT2D eigenvalue weighted by molar-refractivity contribution is -0.0501. The fourth-order valence-electron chi connectivity index (χ4n) is 1.36. The standard InChI is InChI=1S/C10H4BrF4NO3S/c11-7-1-2-8(12)6-4-16-9(3-5(6)7)19-20(17,18)10(13,14)15/h1-4H. The first-order chi connectivity index (χ1) is 9.12. The molecule has 2 rings (SSSR count). The summed E-state index contributed by atoms with van der Waals surface area (Å²) in [5.74, 6) is -1.46. The fraction of sp³-hybridized carbons (Fsp3) is 0.100. The predicted molar refractivity (Wildman–Crippen MR) is 65.0 cm³/mol. The van der Waals surface area contributed by atoms with Crippen LogP contribution in [-0.2, 0) is 10.1 Å². The van der Waals surface area contributed by atoms with E-state index in [0.717, 1.165) is 18.3 Å². The Labute approximate surface area is 118 Å². The highest BCUT2D eigenvalue weighted by molar-refractivity contribution is 9.10. The number of pyridine rings is 1. The molecule has 0 aliphatic carbocycles. The number of benzene rings is 1. The molecular weight excluding hydrogens is 370 g/mol. The first-order valence-electron chi connectivity index (χ1n) is 4.86. The number of aromatic nitrogens is 1. The van der Waals surface area contributed by atoms with Gasteiger partial charge < -0.3 is 4.18 Å². The summed E-state index contributed by atoms with van der Waals surface area (Å²) < 4.78 is 75.8. The molecule has 10 heteroatoms. The van der Waals surface area contributed by atoms with E-state index in [-0.39, 0.29) is 10.8 Å². The van der Waals surface area contributed by atoms with Crippen LogP contribution in [0.5, 0.6) is 5.88 Å². The van der Waals surface area contributed by atoms with Crippen LogP contribution < -0.4 is 4.18 Å². The van der Waals surface area contributed by atoms with Crippen molar-refractivity contribution in [1.82, 2.24) is 4.98 Å². The Kier molecular flexibility index (Phi) is 3.63. The lowest BCUT2D eigenvalue weighted by atomic mass is 10.2. The van der Waals surface area contributed by atoms with Gasteiger partial charge in [-0.05, 0) is 12.1 Å². The average Bonchev–Trinajstić information content (AvgIpc) is 2.32. The first-order valence-corrected chi connectivity index (χ1v) is 7.06. The van der Waals surface area contributed by atoms with Crippen LogP contribution >= 0.6 is 15.9 Å². The van der Waals surface area contributed by atoms with Crippen molar-refractivity contribution in [2.75, 3.05) is 0 Å². The molecule has 0 saturated heterocycles. The Morgan fingerprint density at radius 2 is 1.85 bits per heavy atom. The second kappa shape index (κ2) is 4.85. The summed E-state index contributed by atoms with van der Waals surface area (Å²) in [4.78, 5) is 3.35. The van der Waals surface area contributed by atoms with Crippen LogP contribution in [0.4, 0.5) is 17.6 Å². The third-order valence-corrected chi connectivity index (χ3v) is 3.90. The highest BCUT2D eigenvalue weighted by atomic mass is 79.9. The summed E-state index contributed by atoms with van der Waals surface area (Å²) in [5, 5.41) is 0.142. The molecule has 0 aliphatic heterocycles. The van der Waals surface area contributed by atoms with Crippen LogP contribution in [0.15, 0.2) is 28.9 Å². The quantitative estimate of drug-likeness (QED) is 0.460. The van der Waals surface area contributed by atoms with Crippen LogP contribution in [0.1, 0.15) is 0 Å². The Morgan fingerprint density at radius 3 is 2.45 bits per heavy atom. The van der Waals surface area contributed by atoms with E-state index in [9.17, 15) is 26.0 Å². The predicted octanol–water partition coefficient (Wildman–Crippen LogP) is 3.36. The molecule has 0 N–H and O–H groups in total. The van der Waals surface area contributed by atoms with Crippen LogP contribution in [-0.4, -0.2) is 18.9 Å². The number of hydrogen-bond donors (Lipinski definition) is 0. The Balaban J connectivity index is 2.51. The largest absolute Gasteiger partial charge is 0.534 e. The van der Waals surface area contributed by atoms with Gasteiger partial charge in [0, 0.05) is 27.5 Å². The van der Waals surface area contributed by atoms with E-state index in [1.165, 1.54) is 6.07 Å². The number of hydrogen-bond acceptors (Lipinski definition) is 4. The van der Waals surface area contributed by atoms with E-state index in [0.29, 0.717) is 4.47 Å². The van der Waals surface area contributed by atoms with Crippen molar-refractivity contribution in [1.29, 1.82) is 0 Å². The fourth-order valence-corrected chi connectivity index (χ4v) is 2.23. The van der Waals surface area contributed by atoms with Crippen molar-refractivity contribution >= 4 is 36.8 Å². The number of alkyl halides is 3. The van der Waals surface area contributed by atoms with E-state index in [1.54, 1.807) is 0 Å². The van der Waals surface area contributed by atoms with Crippen LogP contribution in [0.3, 0.4) is 0 Å². The summed E-state index contributed by atoms with van der Waals surface area (Å²) in [7, 11) is -5.81. The molecule has 4 nitrogen and oxygen atoms in total. The molecule has 0 atom stereocenters. The molecule has 108 valence electrons. The second-order valence-corrected chi connectivity index (χ2v) is 5.97. The number of rotatable bonds is 2. The smallest absolute Gasteiger partial charge is 0.355 e. The molecule has 0 unspecified atom stereocenters. The van der Waals surface area contributed by atoms with Gasteiger partial charge in [-0.25, -0.2) is 9.37 Å². The molecule has 20 heavy (non-hydrogen) atoms. The lowest BCUT2D eigenvalue weighted by Crippen LogP contribution is -2.28. The Bertz CT molecular complexity index is 776. The molecule has 0 saturated carbocycles. The highest BCUT2D eigenvalue weighted by Gasteiger charge is 2.48. The molecule has 1 aromatic heterocycles. The highest BCUT2D eigenvalue weighted by Crippen LogP contribution is 2.31. The van der Waals surface area contributed by atoms with Crippen LogP contribution in [0.2, 0.25) is 0 Å². The molecule has 0 bridgehead atoms. The van der Waals surface area contributed by atoms with Gasteiger partial charge in [-0.1, -0.05) is 15.9 Å². The summed E-state index contributed by atoms with van der Waals surface area (Å²) in [6.07, 6.45) is 0.886. The zero-order valence-corrected chi connectivity index (χ0v) is 11.7. The van der Waals surface area contributed by atoms with E-state index in [4.69, 9.17) is 0 Å². The lowest BCUT2D eigenvalue weighted by Gasteiger charge is -2.09. The second-order valence-electron chi connectivity index (χ2n) is 3.58. The van der Waals surface area contributed by atoms with Crippen molar-refractivity contribution in [3.8, 4) is 5.88 Å². The number of nitrogens with zero attached hydrogens (tertiary/aromatic N) is 1. The van der Waals surface area contributed by atoms with E-state index >= 15 is 0 Å². The molecule has 1 aromatic carbocycles. The molecule has 0 spiro atoms. The van der Waals surface area contributed by atoms with Gasteiger partial charge in [-0.3, -0.25) is 0 Å². The van der Waals surface area contributed by atoms with Crippen molar-refractivity contribution in [3.05, 3.63) is 34.7 Å². The molecule has 0 fully saturated rings. The van der Waals surface area contributed by atoms with Gasteiger partial charge in [-0.2, -0.15) is 21.6 Å². The summed E-state index contributed by atoms with van der Waals surface area (Å²) >= 11 is 3.06. The topological polar surface area (TPSA) is 56.3 Å². The summed E-state index contributed by atoms with van der Waals surface area (Å²) in [6, 6.07) is 3.34. The zero-order valence-electron chi connectivity index (χ0n) is 9.28. The maximum Gasteiger partial charge on any atom is 0.534 e. The molecule has 0 radical (unpaired) electrons. The van der Waals surface area contributed by atoms with Gasteiger partial charge in [0.25, 0.3) is 0 Å². The zero-order chi connectivity index (χ0) is 15.1. The molecule has 2 aromatic rings. The van der Waals surface area contributed by atoms with Gasteiger partial charge in [0.15, 0.2) is 0 Å².